The fraction of sp³-hybridized carbons (Fsp3) is 0. The molecule has 0 bridgehead atoms. The van der Waals surface area contributed by atoms with Crippen molar-refractivity contribution in [3.8, 4) is 10.6 Å². The molecule has 0 saturated heterocycles. The van der Waals surface area contributed by atoms with Crippen LogP contribution in [0.25, 0.3) is 15.5 Å². The van der Waals surface area contributed by atoms with E-state index in [0.29, 0.717) is 0 Å². The summed E-state index contributed by atoms with van der Waals surface area (Å²) in [6.07, 6.45) is 1.94. The lowest BCUT2D eigenvalue weighted by molar-refractivity contribution is 0.959. The zero-order chi connectivity index (χ0) is 10.4. The van der Waals surface area contributed by atoms with Crippen molar-refractivity contribution in [3.05, 3.63) is 26.0 Å². The van der Waals surface area contributed by atoms with Gasteiger partial charge in [-0.05, 0) is 37.9 Å². The summed E-state index contributed by atoms with van der Waals surface area (Å²) in [7, 11) is 0. The molecule has 15 heavy (non-hydrogen) atoms. The predicted molar refractivity (Wildman–Crippen MR) is 69.6 cm³/mol. The number of nitrogens with zero attached hydrogens (tertiary/aromatic N) is 3. The molecule has 3 aromatic heterocycles. The van der Waals surface area contributed by atoms with Crippen molar-refractivity contribution >= 4 is 59.5 Å². The summed E-state index contributed by atoms with van der Waals surface area (Å²) < 4.78 is 3.73. The van der Waals surface area contributed by atoms with Crippen molar-refractivity contribution < 1.29 is 0 Å². The molecule has 0 aliphatic rings. The molecule has 0 radical (unpaired) electrons. The Morgan fingerprint density at radius 3 is 2.87 bits per heavy atom. The van der Waals surface area contributed by atoms with Crippen LogP contribution in [0.4, 0.5) is 0 Å². The van der Waals surface area contributed by atoms with Crippen LogP contribution in [0.2, 0.25) is 0 Å². The molecule has 3 rings (SSSR count). The minimum atomic E-state index is 0.851. The van der Waals surface area contributed by atoms with Gasteiger partial charge in [0.1, 0.15) is 5.69 Å². The number of aromatic nitrogens is 3. The molecule has 3 heterocycles. The molecule has 0 spiro atoms. The number of hydrogen-bond donors (Lipinski definition) is 0. The molecule has 0 atom stereocenters. The fourth-order valence-electron chi connectivity index (χ4n) is 1.24. The van der Waals surface area contributed by atoms with E-state index >= 15 is 0 Å². The maximum atomic E-state index is 4.50. The Hall–Kier alpha value is -0.240. The molecular weight excluding hydrogens is 362 g/mol. The smallest absolute Gasteiger partial charge is 0.213 e. The molecule has 76 valence electrons. The fourth-order valence-corrected chi connectivity index (χ4v) is 3.84. The lowest BCUT2D eigenvalue weighted by atomic mass is 10.4. The van der Waals surface area contributed by atoms with E-state index in [9.17, 15) is 0 Å². The molecule has 0 saturated carbocycles. The van der Waals surface area contributed by atoms with Gasteiger partial charge in [-0.2, -0.15) is 0 Å². The van der Waals surface area contributed by atoms with E-state index in [1.807, 2.05) is 11.6 Å². The number of hydrogen-bond acceptors (Lipinski definition) is 4. The highest BCUT2D eigenvalue weighted by Crippen LogP contribution is 2.30. The molecular formula is C8H3Br2N3S2. The average molecular weight is 365 g/mol. The monoisotopic (exact) mass is 363 g/mol. The molecule has 0 amide bonds. The van der Waals surface area contributed by atoms with Gasteiger partial charge >= 0.3 is 0 Å². The van der Waals surface area contributed by atoms with Crippen molar-refractivity contribution in [1.29, 1.82) is 0 Å². The Balaban J connectivity index is 2.15. The maximum Gasteiger partial charge on any atom is 0.213 e. The van der Waals surface area contributed by atoms with Gasteiger partial charge in [0, 0.05) is 9.85 Å². The highest BCUT2D eigenvalue weighted by molar-refractivity contribution is 9.11. The van der Waals surface area contributed by atoms with Crippen molar-refractivity contribution in [1.82, 2.24) is 14.6 Å². The minimum Gasteiger partial charge on any atom is -0.217 e. The summed E-state index contributed by atoms with van der Waals surface area (Å²) in [5, 5.41) is 6.30. The molecule has 0 aliphatic carbocycles. The van der Waals surface area contributed by atoms with Crippen LogP contribution in [0.1, 0.15) is 0 Å². The van der Waals surface area contributed by atoms with Crippen molar-refractivity contribution in [2.24, 2.45) is 0 Å². The predicted octanol–water partition coefficient (Wildman–Crippen LogP) is 4.04. The molecule has 0 unspecified atom stereocenters. The summed E-state index contributed by atoms with van der Waals surface area (Å²) in [5.74, 6) is 0. The van der Waals surface area contributed by atoms with Crippen LogP contribution in [0, 0.1) is 0 Å². The van der Waals surface area contributed by atoms with Crippen molar-refractivity contribution in [3.63, 3.8) is 0 Å². The number of imidazole rings is 1. The lowest BCUT2D eigenvalue weighted by Crippen LogP contribution is -1.77. The second-order valence-electron chi connectivity index (χ2n) is 2.84. The van der Waals surface area contributed by atoms with Crippen LogP contribution in [0.5, 0.6) is 0 Å². The third kappa shape index (κ3) is 1.77. The molecule has 0 aliphatic heterocycles. The van der Waals surface area contributed by atoms with Gasteiger partial charge < -0.3 is 0 Å². The number of fused-ring (bicyclic) bond motifs is 1. The quantitative estimate of drug-likeness (QED) is 0.652. The van der Waals surface area contributed by atoms with E-state index in [1.165, 1.54) is 11.3 Å². The molecule has 3 nitrogen and oxygen atoms in total. The molecule has 3 aromatic rings. The third-order valence-corrected chi connectivity index (χ3v) is 4.91. The van der Waals surface area contributed by atoms with Gasteiger partial charge in [0.05, 0.1) is 11.1 Å². The van der Waals surface area contributed by atoms with E-state index in [0.717, 1.165) is 23.9 Å². The van der Waals surface area contributed by atoms with E-state index in [-0.39, 0.29) is 0 Å². The van der Waals surface area contributed by atoms with Crippen LogP contribution in [-0.2, 0) is 0 Å². The topological polar surface area (TPSA) is 30.2 Å². The Labute approximate surface area is 110 Å². The molecule has 0 aromatic carbocycles. The van der Waals surface area contributed by atoms with Gasteiger partial charge in [-0.1, -0.05) is 11.3 Å². The first kappa shape index (κ1) is 9.95. The average Bonchev–Trinajstić information content (AvgIpc) is 2.78. The maximum absolute atomic E-state index is 4.50. The van der Waals surface area contributed by atoms with E-state index in [4.69, 9.17) is 0 Å². The van der Waals surface area contributed by atoms with Crippen LogP contribution >= 0.6 is 54.5 Å². The molecule has 0 fully saturated rings. The first-order chi connectivity index (χ1) is 7.22. The third-order valence-electron chi connectivity index (χ3n) is 1.84. The van der Waals surface area contributed by atoms with Crippen LogP contribution in [0.15, 0.2) is 26.0 Å². The van der Waals surface area contributed by atoms with Gasteiger partial charge in [0.15, 0.2) is 3.92 Å². The Bertz CT molecular complexity index is 593. The van der Waals surface area contributed by atoms with E-state index < -0.39 is 0 Å². The summed E-state index contributed by atoms with van der Waals surface area (Å²) in [4.78, 5) is 6.55. The molecule has 0 N–H and O–H groups in total. The summed E-state index contributed by atoms with van der Waals surface area (Å²) >= 11 is 9.95. The van der Waals surface area contributed by atoms with Crippen LogP contribution in [-0.4, -0.2) is 14.6 Å². The largest absolute Gasteiger partial charge is 0.217 e. The van der Waals surface area contributed by atoms with Gasteiger partial charge in [-0.15, -0.1) is 16.4 Å². The Morgan fingerprint density at radius 1 is 1.33 bits per heavy atom. The number of rotatable bonds is 1. The SMILES string of the molecule is Brc1csc(-c2cn3nc(Br)sc3n2)c1. The summed E-state index contributed by atoms with van der Waals surface area (Å²) in [6.45, 7) is 0. The minimum absolute atomic E-state index is 0.851. The highest BCUT2D eigenvalue weighted by atomic mass is 79.9. The number of thiophene rings is 1. The zero-order valence-electron chi connectivity index (χ0n) is 7.15. The second kappa shape index (κ2) is 3.65. The van der Waals surface area contributed by atoms with E-state index in [1.54, 1.807) is 15.9 Å². The Morgan fingerprint density at radius 2 is 2.20 bits per heavy atom. The van der Waals surface area contributed by atoms with Crippen LogP contribution in [0.3, 0.4) is 0 Å². The zero-order valence-corrected chi connectivity index (χ0v) is 12.0. The van der Waals surface area contributed by atoms with Crippen molar-refractivity contribution in [2.75, 3.05) is 0 Å². The van der Waals surface area contributed by atoms with Gasteiger partial charge in [0.2, 0.25) is 4.96 Å². The lowest BCUT2D eigenvalue weighted by Gasteiger charge is -1.85. The Kier molecular flexibility index (Phi) is 2.42. The second-order valence-corrected chi connectivity index (χ2v) is 6.90. The number of halogens is 2. The van der Waals surface area contributed by atoms with Crippen LogP contribution < -0.4 is 0 Å². The first-order valence-electron chi connectivity index (χ1n) is 3.98. The van der Waals surface area contributed by atoms with Gasteiger partial charge in [-0.25, -0.2) is 9.50 Å². The van der Waals surface area contributed by atoms with Crippen molar-refractivity contribution in [2.45, 2.75) is 0 Å². The summed E-state index contributed by atoms with van der Waals surface area (Å²) in [6, 6.07) is 2.06. The first-order valence-corrected chi connectivity index (χ1v) is 7.27. The normalized spacial score (nSPS) is 11.3. The van der Waals surface area contributed by atoms with E-state index in [2.05, 4.69) is 48.0 Å². The molecule has 7 heteroatoms. The van der Waals surface area contributed by atoms with Gasteiger partial charge in [0.25, 0.3) is 0 Å². The highest BCUT2D eigenvalue weighted by Gasteiger charge is 2.09. The standard InChI is InChI=1S/C8H3Br2N3S2/c9-4-1-6(14-3-4)5-2-13-8(11-5)15-7(10)12-13/h1-3H. The summed E-state index contributed by atoms with van der Waals surface area (Å²) in [5.41, 5.74) is 0.969. The van der Waals surface area contributed by atoms with Gasteiger partial charge in [-0.3, -0.25) is 0 Å².